The standard InChI is InChI=1S/C11H16N2O3S/c1-4-5-13(6-9(14)16-3)11(15)10-8(2)12-7-17-10/h7H,4-6H2,1-3H3. The van der Waals surface area contributed by atoms with Crippen molar-refractivity contribution in [1.29, 1.82) is 0 Å². The van der Waals surface area contributed by atoms with Crippen molar-refractivity contribution >= 4 is 23.2 Å². The van der Waals surface area contributed by atoms with E-state index >= 15 is 0 Å². The number of ether oxygens (including phenoxy) is 1. The number of hydrogen-bond acceptors (Lipinski definition) is 5. The Labute approximate surface area is 104 Å². The van der Waals surface area contributed by atoms with E-state index in [4.69, 9.17) is 0 Å². The maximum absolute atomic E-state index is 12.2. The Morgan fingerprint density at radius 2 is 2.24 bits per heavy atom. The van der Waals surface area contributed by atoms with Gasteiger partial charge in [0.25, 0.3) is 5.91 Å². The summed E-state index contributed by atoms with van der Waals surface area (Å²) in [7, 11) is 1.31. The second-order valence-electron chi connectivity index (χ2n) is 3.57. The van der Waals surface area contributed by atoms with Gasteiger partial charge in [0.05, 0.1) is 18.3 Å². The maximum Gasteiger partial charge on any atom is 0.325 e. The molecule has 0 aliphatic carbocycles. The molecule has 0 aromatic carbocycles. The molecule has 1 aromatic heterocycles. The Morgan fingerprint density at radius 3 is 2.71 bits per heavy atom. The minimum absolute atomic E-state index is 0.0134. The fourth-order valence-corrected chi connectivity index (χ4v) is 2.16. The molecule has 0 unspecified atom stereocenters. The van der Waals surface area contributed by atoms with Crippen LogP contribution in [-0.4, -0.2) is 42.0 Å². The molecule has 1 rings (SSSR count). The minimum atomic E-state index is -0.408. The summed E-state index contributed by atoms with van der Waals surface area (Å²) in [6.07, 6.45) is 0.792. The molecule has 17 heavy (non-hydrogen) atoms. The topological polar surface area (TPSA) is 59.5 Å². The van der Waals surface area contributed by atoms with Crippen molar-refractivity contribution in [3.63, 3.8) is 0 Å². The number of thiazole rings is 1. The zero-order chi connectivity index (χ0) is 12.8. The Balaban J connectivity index is 2.80. The SMILES string of the molecule is CCCN(CC(=O)OC)C(=O)c1scnc1C. The van der Waals surface area contributed by atoms with E-state index in [0.29, 0.717) is 17.1 Å². The average molecular weight is 256 g/mol. The molecule has 94 valence electrons. The molecule has 0 aliphatic heterocycles. The average Bonchev–Trinajstić information content (AvgIpc) is 2.73. The molecule has 1 aromatic rings. The molecule has 1 heterocycles. The van der Waals surface area contributed by atoms with E-state index in [1.165, 1.54) is 23.3 Å². The fourth-order valence-electron chi connectivity index (χ4n) is 1.39. The van der Waals surface area contributed by atoms with Crippen molar-refractivity contribution in [2.45, 2.75) is 20.3 Å². The van der Waals surface area contributed by atoms with E-state index in [0.717, 1.165) is 6.42 Å². The van der Waals surface area contributed by atoms with Gasteiger partial charge in [0.1, 0.15) is 11.4 Å². The Bertz CT molecular complexity index is 403. The summed E-state index contributed by atoms with van der Waals surface area (Å²) in [5.74, 6) is -0.564. The lowest BCUT2D eigenvalue weighted by atomic mass is 10.3. The smallest absolute Gasteiger partial charge is 0.325 e. The van der Waals surface area contributed by atoms with E-state index in [1.807, 2.05) is 6.92 Å². The Morgan fingerprint density at radius 1 is 1.53 bits per heavy atom. The summed E-state index contributed by atoms with van der Waals surface area (Å²) in [4.78, 5) is 29.5. The number of nitrogens with zero attached hydrogens (tertiary/aromatic N) is 2. The van der Waals surface area contributed by atoms with Gasteiger partial charge < -0.3 is 9.64 Å². The van der Waals surface area contributed by atoms with Crippen LogP contribution in [0.3, 0.4) is 0 Å². The van der Waals surface area contributed by atoms with Gasteiger partial charge in [-0.05, 0) is 13.3 Å². The van der Waals surface area contributed by atoms with Crippen molar-refractivity contribution in [3.05, 3.63) is 16.1 Å². The number of rotatable bonds is 5. The van der Waals surface area contributed by atoms with Gasteiger partial charge in [-0.25, -0.2) is 4.98 Å². The molecule has 0 atom stereocenters. The number of carbonyl (C=O) groups is 2. The number of carbonyl (C=O) groups excluding carboxylic acids is 2. The molecule has 0 radical (unpaired) electrons. The molecular formula is C11H16N2O3S. The van der Waals surface area contributed by atoms with Crippen molar-refractivity contribution < 1.29 is 14.3 Å². The third kappa shape index (κ3) is 3.52. The van der Waals surface area contributed by atoms with Gasteiger partial charge in [-0.15, -0.1) is 11.3 Å². The van der Waals surface area contributed by atoms with Crippen LogP contribution in [0.1, 0.15) is 28.7 Å². The van der Waals surface area contributed by atoms with Crippen molar-refractivity contribution in [3.8, 4) is 0 Å². The van der Waals surface area contributed by atoms with Crippen molar-refractivity contribution in [1.82, 2.24) is 9.88 Å². The first kappa shape index (κ1) is 13.6. The highest BCUT2D eigenvalue weighted by atomic mass is 32.1. The number of esters is 1. The first-order valence-corrected chi connectivity index (χ1v) is 6.24. The van der Waals surface area contributed by atoms with Gasteiger partial charge in [0.2, 0.25) is 0 Å². The first-order chi connectivity index (χ1) is 8.10. The lowest BCUT2D eigenvalue weighted by Crippen LogP contribution is -2.36. The lowest BCUT2D eigenvalue weighted by Gasteiger charge is -2.20. The molecule has 6 heteroatoms. The summed E-state index contributed by atoms with van der Waals surface area (Å²) in [5.41, 5.74) is 2.33. The van der Waals surface area contributed by atoms with Crippen LogP contribution in [-0.2, 0) is 9.53 Å². The second kappa shape index (κ2) is 6.34. The van der Waals surface area contributed by atoms with Crippen LogP contribution in [0.5, 0.6) is 0 Å². The predicted molar refractivity (Wildman–Crippen MR) is 65.1 cm³/mol. The Kier molecular flexibility index (Phi) is 5.09. The van der Waals surface area contributed by atoms with E-state index in [-0.39, 0.29) is 12.5 Å². The maximum atomic E-state index is 12.2. The molecule has 0 saturated heterocycles. The Hall–Kier alpha value is -1.43. The molecule has 0 saturated carbocycles. The highest BCUT2D eigenvalue weighted by molar-refractivity contribution is 7.11. The van der Waals surface area contributed by atoms with Crippen molar-refractivity contribution in [2.75, 3.05) is 20.2 Å². The fraction of sp³-hybridized carbons (Fsp3) is 0.545. The zero-order valence-corrected chi connectivity index (χ0v) is 11.0. The van der Waals surface area contributed by atoms with Gasteiger partial charge in [0, 0.05) is 6.54 Å². The third-order valence-electron chi connectivity index (χ3n) is 2.27. The minimum Gasteiger partial charge on any atom is -0.468 e. The van der Waals surface area contributed by atoms with Crippen molar-refractivity contribution in [2.24, 2.45) is 0 Å². The molecule has 0 spiro atoms. The molecule has 0 aliphatic rings. The molecule has 0 fully saturated rings. The summed E-state index contributed by atoms with van der Waals surface area (Å²) >= 11 is 1.29. The molecule has 0 N–H and O–H groups in total. The third-order valence-corrected chi connectivity index (χ3v) is 3.18. The van der Waals surface area contributed by atoms with Crippen LogP contribution in [0.25, 0.3) is 0 Å². The zero-order valence-electron chi connectivity index (χ0n) is 10.2. The highest BCUT2D eigenvalue weighted by Gasteiger charge is 2.21. The van der Waals surface area contributed by atoms with E-state index < -0.39 is 5.97 Å². The predicted octanol–water partition coefficient (Wildman–Crippen LogP) is 1.48. The van der Waals surface area contributed by atoms with E-state index in [1.54, 1.807) is 12.4 Å². The highest BCUT2D eigenvalue weighted by Crippen LogP contribution is 2.15. The largest absolute Gasteiger partial charge is 0.468 e. The summed E-state index contributed by atoms with van der Waals surface area (Å²) in [5, 5.41) is 0. The van der Waals surface area contributed by atoms with Crippen LogP contribution in [0.2, 0.25) is 0 Å². The van der Waals surface area contributed by atoms with Gasteiger partial charge in [-0.3, -0.25) is 9.59 Å². The van der Waals surface area contributed by atoms with Crippen LogP contribution < -0.4 is 0 Å². The van der Waals surface area contributed by atoms with E-state index in [2.05, 4.69) is 9.72 Å². The van der Waals surface area contributed by atoms with Crippen LogP contribution in [0.4, 0.5) is 0 Å². The number of amides is 1. The summed E-state index contributed by atoms with van der Waals surface area (Å²) in [6.45, 7) is 4.26. The first-order valence-electron chi connectivity index (χ1n) is 5.36. The molecule has 1 amide bonds. The van der Waals surface area contributed by atoms with Crippen LogP contribution in [0, 0.1) is 6.92 Å². The molecular weight excluding hydrogens is 240 g/mol. The molecule has 0 bridgehead atoms. The summed E-state index contributed by atoms with van der Waals surface area (Å²) in [6, 6.07) is 0. The van der Waals surface area contributed by atoms with Gasteiger partial charge in [-0.2, -0.15) is 0 Å². The lowest BCUT2D eigenvalue weighted by molar-refractivity contribution is -0.141. The van der Waals surface area contributed by atoms with Gasteiger partial charge in [-0.1, -0.05) is 6.92 Å². The van der Waals surface area contributed by atoms with Crippen LogP contribution in [0.15, 0.2) is 5.51 Å². The summed E-state index contributed by atoms with van der Waals surface area (Å²) < 4.78 is 4.58. The van der Waals surface area contributed by atoms with Gasteiger partial charge in [0.15, 0.2) is 0 Å². The van der Waals surface area contributed by atoms with Crippen LogP contribution >= 0.6 is 11.3 Å². The number of aryl methyl sites for hydroxylation is 1. The normalized spacial score (nSPS) is 10.1. The van der Waals surface area contributed by atoms with E-state index in [9.17, 15) is 9.59 Å². The number of methoxy groups -OCH3 is 1. The number of hydrogen-bond donors (Lipinski definition) is 0. The van der Waals surface area contributed by atoms with Gasteiger partial charge >= 0.3 is 5.97 Å². The second-order valence-corrected chi connectivity index (χ2v) is 4.42. The quantitative estimate of drug-likeness (QED) is 0.749. The monoisotopic (exact) mass is 256 g/mol. The number of aromatic nitrogens is 1. The molecule has 5 nitrogen and oxygen atoms in total.